The Balaban J connectivity index is 2.18. The minimum atomic E-state index is 0.851. The number of rotatable bonds is 1. The molecule has 1 nitrogen and oxygen atoms in total. The Morgan fingerprint density at radius 1 is 1.56 bits per heavy atom. The summed E-state index contributed by atoms with van der Waals surface area (Å²) in [7, 11) is 0. The first-order valence-corrected chi connectivity index (χ1v) is 3.59. The molecule has 0 radical (unpaired) electrons. The molecule has 0 bridgehead atoms. The van der Waals surface area contributed by atoms with Gasteiger partial charge in [-0.15, -0.1) is 0 Å². The van der Waals surface area contributed by atoms with Gasteiger partial charge in [0.1, 0.15) is 0 Å². The van der Waals surface area contributed by atoms with Crippen LogP contribution in [-0.4, -0.2) is 12.3 Å². The average Bonchev–Trinajstić information content (AvgIpc) is 2.58. The van der Waals surface area contributed by atoms with Gasteiger partial charge in [-0.05, 0) is 25.3 Å². The highest BCUT2D eigenvalue weighted by Gasteiger charge is 2.29. The Labute approximate surface area is 55.5 Å². The van der Waals surface area contributed by atoms with E-state index in [1.54, 1.807) is 0 Å². The van der Waals surface area contributed by atoms with Crippen LogP contribution in [-0.2, 0) is 0 Å². The van der Waals surface area contributed by atoms with Gasteiger partial charge in [-0.1, -0.05) is 6.08 Å². The Kier molecular flexibility index (Phi) is 0.981. The number of hydrogen-bond donors (Lipinski definition) is 0. The Bertz CT molecular complexity index is 185. The molecule has 0 aromatic carbocycles. The van der Waals surface area contributed by atoms with Crippen molar-refractivity contribution in [1.29, 1.82) is 0 Å². The van der Waals surface area contributed by atoms with Crippen molar-refractivity contribution in [1.82, 2.24) is 0 Å². The summed E-state index contributed by atoms with van der Waals surface area (Å²) in [5.74, 6) is 0.851. The number of allylic oxidation sites excluding steroid dienone is 1. The standard InChI is InChI=1S/C8H11N/c1-6-4-5-9-8(6)7-2-3-7/h4,7H,2-3,5H2,1H3. The van der Waals surface area contributed by atoms with Crippen molar-refractivity contribution in [2.24, 2.45) is 10.9 Å². The molecule has 0 unspecified atom stereocenters. The SMILES string of the molecule is CC1=CCN=C1C1CC1. The summed E-state index contributed by atoms with van der Waals surface area (Å²) in [6, 6.07) is 0. The summed E-state index contributed by atoms with van der Waals surface area (Å²) in [6.07, 6.45) is 4.97. The lowest BCUT2D eigenvalue weighted by molar-refractivity contribution is 1.16. The van der Waals surface area contributed by atoms with Gasteiger partial charge < -0.3 is 0 Å². The van der Waals surface area contributed by atoms with E-state index >= 15 is 0 Å². The van der Waals surface area contributed by atoms with Crippen LogP contribution in [0.5, 0.6) is 0 Å². The molecule has 0 aromatic heterocycles. The Morgan fingerprint density at radius 2 is 2.33 bits per heavy atom. The maximum absolute atomic E-state index is 4.40. The van der Waals surface area contributed by atoms with Crippen molar-refractivity contribution in [3.63, 3.8) is 0 Å². The number of hydrogen-bond acceptors (Lipinski definition) is 1. The summed E-state index contributed by atoms with van der Waals surface area (Å²) < 4.78 is 0. The maximum Gasteiger partial charge on any atom is 0.0580 e. The van der Waals surface area contributed by atoms with Crippen LogP contribution in [0.1, 0.15) is 19.8 Å². The van der Waals surface area contributed by atoms with E-state index in [1.807, 2.05) is 0 Å². The smallest absolute Gasteiger partial charge is 0.0580 e. The van der Waals surface area contributed by atoms with Crippen molar-refractivity contribution >= 4 is 5.71 Å². The van der Waals surface area contributed by atoms with E-state index in [0.29, 0.717) is 0 Å². The lowest BCUT2D eigenvalue weighted by Gasteiger charge is -1.95. The Hall–Kier alpha value is -0.590. The third kappa shape index (κ3) is 0.805. The largest absolute Gasteiger partial charge is 0.285 e. The second-order valence-electron chi connectivity index (χ2n) is 2.89. The zero-order chi connectivity index (χ0) is 6.27. The average molecular weight is 121 g/mol. The molecule has 1 heterocycles. The van der Waals surface area contributed by atoms with E-state index in [2.05, 4.69) is 18.0 Å². The zero-order valence-corrected chi connectivity index (χ0v) is 5.72. The van der Waals surface area contributed by atoms with Gasteiger partial charge in [0.15, 0.2) is 0 Å². The molecule has 1 fully saturated rings. The van der Waals surface area contributed by atoms with Crippen molar-refractivity contribution < 1.29 is 0 Å². The number of nitrogens with zero attached hydrogens (tertiary/aromatic N) is 1. The first-order chi connectivity index (χ1) is 4.38. The second kappa shape index (κ2) is 1.69. The Morgan fingerprint density at radius 3 is 2.78 bits per heavy atom. The van der Waals surface area contributed by atoms with Gasteiger partial charge in [0.05, 0.1) is 6.54 Å². The highest BCUT2D eigenvalue weighted by Crippen LogP contribution is 2.34. The zero-order valence-electron chi connectivity index (χ0n) is 5.72. The molecule has 0 atom stereocenters. The van der Waals surface area contributed by atoms with Gasteiger partial charge in [-0.2, -0.15) is 0 Å². The first kappa shape index (κ1) is 5.21. The molecule has 0 N–H and O–H groups in total. The lowest BCUT2D eigenvalue weighted by atomic mass is 10.1. The predicted molar refractivity (Wildman–Crippen MR) is 38.8 cm³/mol. The predicted octanol–water partition coefficient (Wildman–Crippen LogP) is 1.80. The van der Waals surface area contributed by atoms with Crippen molar-refractivity contribution in [3.8, 4) is 0 Å². The van der Waals surface area contributed by atoms with Crippen molar-refractivity contribution in [3.05, 3.63) is 11.6 Å². The van der Waals surface area contributed by atoms with Gasteiger partial charge in [0, 0.05) is 11.6 Å². The van der Waals surface area contributed by atoms with Crippen LogP contribution >= 0.6 is 0 Å². The highest BCUT2D eigenvalue weighted by molar-refractivity contribution is 6.04. The summed E-state index contributed by atoms with van der Waals surface area (Å²) in [5, 5.41) is 0. The lowest BCUT2D eigenvalue weighted by Crippen LogP contribution is -1.97. The van der Waals surface area contributed by atoms with Gasteiger partial charge >= 0.3 is 0 Å². The monoisotopic (exact) mass is 121 g/mol. The van der Waals surface area contributed by atoms with Gasteiger partial charge in [-0.3, -0.25) is 4.99 Å². The van der Waals surface area contributed by atoms with E-state index in [-0.39, 0.29) is 0 Å². The molecule has 1 aliphatic carbocycles. The molecule has 1 heteroatoms. The topological polar surface area (TPSA) is 12.4 Å². The van der Waals surface area contributed by atoms with Crippen LogP contribution in [0.3, 0.4) is 0 Å². The quantitative estimate of drug-likeness (QED) is 0.501. The molecule has 0 spiro atoms. The fourth-order valence-corrected chi connectivity index (χ4v) is 1.32. The molecule has 48 valence electrons. The summed E-state index contributed by atoms with van der Waals surface area (Å²) >= 11 is 0. The van der Waals surface area contributed by atoms with Crippen molar-refractivity contribution in [2.75, 3.05) is 6.54 Å². The molecule has 2 aliphatic rings. The minimum Gasteiger partial charge on any atom is -0.285 e. The first-order valence-electron chi connectivity index (χ1n) is 3.59. The van der Waals surface area contributed by atoms with E-state index in [4.69, 9.17) is 0 Å². The van der Waals surface area contributed by atoms with Crippen LogP contribution in [0.2, 0.25) is 0 Å². The van der Waals surface area contributed by atoms with Crippen molar-refractivity contribution in [2.45, 2.75) is 19.8 Å². The molecular weight excluding hydrogens is 110 g/mol. The molecule has 1 aliphatic heterocycles. The van der Waals surface area contributed by atoms with Crippen LogP contribution in [0.25, 0.3) is 0 Å². The molecule has 0 saturated heterocycles. The van der Waals surface area contributed by atoms with Crippen LogP contribution in [0.15, 0.2) is 16.6 Å². The third-order valence-electron chi connectivity index (χ3n) is 2.03. The highest BCUT2D eigenvalue weighted by atomic mass is 14.8. The minimum absolute atomic E-state index is 0.851. The normalized spacial score (nSPS) is 25.9. The molecule has 9 heavy (non-hydrogen) atoms. The van der Waals surface area contributed by atoms with E-state index in [1.165, 1.54) is 24.1 Å². The third-order valence-corrected chi connectivity index (χ3v) is 2.03. The summed E-state index contributed by atoms with van der Waals surface area (Å²) in [6.45, 7) is 3.11. The van der Waals surface area contributed by atoms with E-state index in [9.17, 15) is 0 Å². The van der Waals surface area contributed by atoms with Crippen LogP contribution in [0.4, 0.5) is 0 Å². The fraction of sp³-hybridized carbons (Fsp3) is 0.625. The molecular formula is C8H11N. The molecule has 2 rings (SSSR count). The van der Waals surface area contributed by atoms with Crippen LogP contribution < -0.4 is 0 Å². The molecule has 0 aromatic rings. The fourth-order valence-electron chi connectivity index (χ4n) is 1.32. The van der Waals surface area contributed by atoms with E-state index < -0.39 is 0 Å². The molecule has 1 saturated carbocycles. The number of aliphatic imine (C=N–C) groups is 1. The van der Waals surface area contributed by atoms with Gasteiger partial charge in [0.2, 0.25) is 0 Å². The van der Waals surface area contributed by atoms with Gasteiger partial charge in [0.25, 0.3) is 0 Å². The van der Waals surface area contributed by atoms with Crippen LogP contribution in [0, 0.1) is 5.92 Å². The maximum atomic E-state index is 4.40. The summed E-state index contributed by atoms with van der Waals surface area (Å²) in [4.78, 5) is 4.40. The van der Waals surface area contributed by atoms with E-state index in [0.717, 1.165) is 12.5 Å². The molecule has 0 amide bonds. The van der Waals surface area contributed by atoms with Gasteiger partial charge in [-0.25, -0.2) is 0 Å². The summed E-state index contributed by atoms with van der Waals surface area (Å²) in [5.41, 5.74) is 2.83. The second-order valence-corrected chi connectivity index (χ2v) is 2.89.